The third-order valence-electron chi connectivity index (χ3n) is 2.06. The van der Waals surface area contributed by atoms with Gasteiger partial charge >= 0.3 is 18.2 Å². The van der Waals surface area contributed by atoms with E-state index in [1.165, 1.54) is 14.2 Å². The molecule has 0 rings (SSSR count). The van der Waals surface area contributed by atoms with E-state index in [9.17, 15) is 14.4 Å². The maximum Gasteiger partial charge on any atom is 0.408 e. The molecule has 0 aromatic rings. The molecule has 1 atom stereocenters. The van der Waals surface area contributed by atoms with Crippen LogP contribution in [0.4, 0.5) is 9.59 Å². The van der Waals surface area contributed by atoms with Crippen molar-refractivity contribution in [3.05, 3.63) is 0 Å². The lowest BCUT2D eigenvalue weighted by Gasteiger charge is -2.22. The second kappa shape index (κ2) is 8.23. The largest absolute Gasteiger partial charge is 0.467 e. The highest BCUT2D eigenvalue weighted by Gasteiger charge is 2.24. The Morgan fingerprint density at radius 2 is 1.65 bits per heavy atom. The van der Waals surface area contributed by atoms with Gasteiger partial charge in [0.2, 0.25) is 0 Å². The van der Waals surface area contributed by atoms with Gasteiger partial charge in [-0.05, 0) is 27.2 Å². The fourth-order valence-electron chi connectivity index (χ4n) is 1.23. The first-order valence-electron chi connectivity index (χ1n) is 6.08. The number of esters is 1. The van der Waals surface area contributed by atoms with Crippen LogP contribution in [0.25, 0.3) is 0 Å². The molecule has 2 N–H and O–H groups in total. The average molecular weight is 290 g/mol. The quantitative estimate of drug-likeness (QED) is 0.573. The Morgan fingerprint density at radius 3 is 2.10 bits per heavy atom. The molecule has 2 amide bonds. The number of rotatable bonds is 5. The molecular formula is C12H22N2O6. The molecule has 20 heavy (non-hydrogen) atoms. The van der Waals surface area contributed by atoms with Crippen LogP contribution in [0.3, 0.4) is 0 Å². The van der Waals surface area contributed by atoms with Crippen molar-refractivity contribution in [2.45, 2.75) is 38.8 Å². The molecular weight excluding hydrogens is 268 g/mol. The van der Waals surface area contributed by atoms with Crippen molar-refractivity contribution in [2.75, 3.05) is 20.8 Å². The molecule has 0 unspecified atom stereocenters. The summed E-state index contributed by atoms with van der Waals surface area (Å²) < 4.78 is 14.0. The number of carbonyl (C=O) groups excluding carboxylic acids is 3. The van der Waals surface area contributed by atoms with Crippen molar-refractivity contribution in [1.82, 2.24) is 10.6 Å². The zero-order valence-electron chi connectivity index (χ0n) is 12.4. The van der Waals surface area contributed by atoms with E-state index in [-0.39, 0.29) is 13.0 Å². The summed E-state index contributed by atoms with van der Waals surface area (Å²) in [7, 11) is 2.44. The minimum atomic E-state index is -0.910. The Hall–Kier alpha value is -1.99. The molecule has 0 heterocycles. The monoisotopic (exact) mass is 290 g/mol. The second-order valence-electron chi connectivity index (χ2n) is 4.93. The lowest BCUT2D eigenvalue weighted by Crippen LogP contribution is -2.45. The highest BCUT2D eigenvalue weighted by molar-refractivity contribution is 5.81. The first-order chi connectivity index (χ1) is 9.19. The molecule has 0 aliphatic carbocycles. The van der Waals surface area contributed by atoms with Crippen LogP contribution in [0.15, 0.2) is 0 Å². The minimum Gasteiger partial charge on any atom is -0.467 e. The number of ether oxygens (including phenoxy) is 3. The third kappa shape index (κ3) is 8.17. The van der Waals surface area contributed by atoms with Crippen molar-refractivity contribution in [3.63, 3.8) is 0 Å². The highest BCUT2D eigenvalue weighted by atomic mass is 16.6. The number of hydrogen-bond acceptors (Lipinski definition) is 6. The van der Waals surface area contributed by atoms with Crippen molar-refractivity contribution in [2.24, 2.45) is 0 Å². The van der Waals surface area contributed by atoms with E-state index in [0.29, 0.717) is 0 Å². The van der Waals surface area contributed by atoms with Crippen LogP contribution < -0.4 is 10.6 Å². The van der Waals surface area contributed by atoms with Gasteiger partial charge in [-0.15, -0.1) is 0 Å². The molecule has 116 valence electrons. The maximum atomic E-state index is 11.6. The fourth-order valence-corrected chi connectivity index (χ4v) is 1.23. The summed E-state index contributed by atoms with van der Waals surface area (Å²) in [6.45, 7) is 5.26. The van der Waals surface area contributed by atoms with Crippen LogP contribution in [0.1, 0.15) is 27.2 Å². The van der Waals surface area contributed by atoms with E-state index in [0.717, 1.165) is 0 Å². The van der Waals surface area contributed by atoms with Crippen molar-refractivity contribution in [3.8, 4) is 0 Å². The fraction of sp³-hybridized carbons (Fsp3) is 0.750. The SMILES string of the molecule is COC(=O)NCC[C@H](NC(=O)OC(C)(C)C)C(=O)OC. The van der Waals surface area contributed by atoms with Crippen LogP contribution in [0.5, 0.6) is 0 Å². The Kier molecular flexibility index (Phi) is 7.42. The van der Waals surface area contributed by atoms with Gasteiger partial charge in [0.05, 0.1) is 14.2 Å². The summed E-state index contributed by atoms with van der Waals surface area (Å²) in [6.07, 6.45) is -1.20. The van der Waals surface area contributed by atoms with Crippen molar-refractivity contribution >= 4 is 18.2 Å². The van der Waals surface area contributed by atoms with E-state index in [1.54, 1.807) is 20.8 Å². The van der Waals surface area contributed by atoms with Crippen molar-refractivity contribution in [1.29, 1.82) is 0 Å². The minimum absolute atomic E-state index is 0.141. The molecule has 0 saturated heterocycles. The Morgan fingerprint density at radius 1 is 1.05 bits per heavy atom. The molecule has 0 aromatic carbocycles. The van der Waals surface area contributed by atoms with Gasteiger partial charge in [-0.25, -0.2) is 14.4 Å². The van der Waals surface area contributed by atoms with Crippen molar-refractivity contribution < 1.29 is 28.6 Å². The second-order valence-corrected chi connectivity index (χ2v) is 4.93. The van der Waals surface area contributed by atoms with Gasteiger partial charge in [-0.2, -0.15) is 0 Å². The summed E-state index contributed by atoms with van der Waals surface area (Å²) in [4.78, 5) is 34.0. The summed E-state index contributed by atoms with van der Waals surface area (Å²) in [5.74, 6) is -0.623. The van der Waals surface area contributed by atoms with Gasteiger partial charge < -0.3 is 24.8 Å². The smallest absolute Gasteiger partial charge is 0.408 e. The van der Waals surface area contributed by atoms with E-state index in [2.05, 4.69) is 20.1 Å². The van der Waals surface area contributed by atoms with Gasteiger partial charge in [0.1, 0.15) is 11.6 Å². The van der Waals surface area contributed by atoms with Crippen LogP contribution >= 0.6 is 0 Å². The van der Waals surface area contributed by atoms with Gasteiger partial charge in [-0.3, -0.25) is 0 Å². The average Bonchev–Trinajstić information content (AvgIpc) is 2.34. The van der Waals surface area contributed by atoms with E-state index < -0.39 is 29.8 Å². The molecule has 0 aliphatic rings. The third-order valence-corrected chi connectivity index (χ3v) is 2.06. The zero-order chi connectivity index (χ0) is 15.8. The van der Waals surface area contributed by atoms with Gasteiger partial charge in [0.15, 0.2) is 0 Å². The molecule has 8 nitrogen and oxygen atoms in total. The molecule has 0 bridgehead atoms. The van der Waals surface area contributed by atoms with Gasteiger partial charge in [-0.1, -0.05) is 0 Å². The summed E-state index contributed by atoms with van der Waals surface area (Å²) >= 11 is 0. The topological polar surface area (TPSA) is 103 Å². The molecule has 0 saturated carbocycles. The number of amides is 2. The van der Waals surface area contributed by atoms with Crippen LogP contribution in [-0.4, -0.2) is 50.6 Å². The predicted octanol–water partition coefficient (Wildman–Crippen LogP) is 0.799. The number of hydrogen-bond donors (Lipinski definition) is 2. The lowest BCUT2D eigenvalue weighted by molar-refractivity contribution is -0.143. The summed E-state index contributed by atoms with van der Waals surface area (Å²) in [5, 5.41) is 4.79. The molecule has 0 aromatic heterocycles. The molecule has 8 heteroatoms. The molecule has 0 aliphatic heterocycles. The van der Waals surface area contributed by atoms with Crippen LogP contribution in [-0.2, 0) is 19.0 Å². The zero-order valence-corrected chi connectivity index (χ0v) is 12.4. The van der Waals surface area contributed by atoms with E-state index in [4.69, 9.17) is 4.74 Å². The molecule has 0 fully saturated rings. The highest BCUT2D eigenvalue weighted by Crippen LogP contribution is 2.07. The molecule has 0 radical (unpaired) electrons. The number of alkyl carbamates (subject to hydrolysis) is 2. The predicted molar refractivity (Wildman–Crippen MR) is 70.2 cm³/mol. The number of carbonyl (C=O) groups is 3. The first kappa shape index (κ1) is 18.0. The van der Waals surface area contributed by atoms with E-state index >= 15 is 0 Å². The van der Waals surface area contributed by atoms with Gasteiger partial charge in [0.25, 0.3) is 0 Å². The Labute approximate surface area is 118 Å². The molecule has 0 spiro atoms. The van der Waals surface area contributed by atoms with E-state index in [1.807, 2.05) is 0 Å². The number of methoxy groups -OCH3 is 2. The maximum absolute atomic E-state index is 11.6. The summed E-state index contributed by atoms with van der Waals surface area (Å²) in [5.41, 5.74) is -0.672. The van der Waals surface area contributed by atoms with Crippen LogP contribution in [0, 0.1) is 0 Å². The normalized spacial score (nSPS) is 12.1. The Bertz CT molecular complexity index is 350. The summed E-state index contributed by atoms with van der Waals surface area (Å²) in [6, 6.07) is -0.910. The van der Waals surface area contributed by atoms with Gasteiger partial charge in [0, 0.05) is 6.54 Å². The standard InChI is InChI=1S/C12H22N2O6/c1-12(2,3)20-11(17)14-8(9(15)18-4)6-7-13-10(16)19-5/h8H,6-7H2,1-5H3,(H,13,16)(H,14,17)/t8-/m0/s1. The lowest BCUT2D eigenvalue weighted by atomic mass is 10.2. The first-order valence-corrected chi connectivity index (χ1v) is 6.08. The number of nitrogens with one attached hydrogen (secondary N) is 2. The van der Waals surface area contributed by atoms with Crippen LogP contribution in [0.2, 0.25) is 0 Å². The Balaban J connectivity index is 4.39.